The van der Waals surface area contributed by atoms with Crippen LogP contribution in [0.5, 0.6) is 0 Å². The van der Waals surface area contributed by atoms with E-state index in [1.165, 1.54) is 24.8 Å². The number of amides is 2. The van der Waals surface area contributed by atoms with Crippen molar-refractivity contribution in [2.75, 3.05) is 62.6 Å². The summed E-state index contributed by atoms with van der Waals surface area (Å²) in [7, 11) is 0. The van der Waals surface area contributed by atoms with Gasteiger partial charge in [-0.1, -0.05) is 24.3 Å². The molecule has 2 heterocycles. The molecule has 2 saturated heterocycles. The molecule has 2 aliphatic heterocycles. The molecule has 0 aromatic heterocycles. The largest absolute Gasteiger partial charge is 0.395 e. The number of piperazine rings is 1. The Labute approximate surface area is 252 Å². The number of hydrazone groups is 1. The first-order valence-electron chi connectivity index (χ1n) is 14.9. The summed E-state index contributed by atoms with van der Waals surface area (Å²) in [5.74, 6) is -1.11. The van der Waals surface area contributed by atoms with E-state index in [1.54, 1.807) is 30.3 Å². The van der Waals surface area contributed by atoms with E-state index in [9.17, 15) is 19.1 Å². The van der Waals surface area contributed by atoms with Crippen molar-refractivity contribution in [2.24, 2.45) is 5.10 Å². The van der Waals surface area contributed by atoms with E-state index >= 15 is 0 Å². The van der Waals surface area contributed by atoms with Gasteiger partial charge in [-0.15, -0.1) is 0 Å². The van der Waals surface area contributed by atoms with Crippen LogP contribution in [0.3, 0.4) is 0 Å². The second kappa shape index (κ2) is 14.9. The second-order valence-corrected chi connectivity index (χ2v) is 11.0. The van der Waals surface area contributed by atoms with E-state index in [-0.39, 0.29) is 18.3 Å². The molecule has 2 amide bonds. The summed E-state index contributed by atoms with van der Waals surface area (Å²) >= 11 is 0. The molecular formula is C33H39FN6O3. The van der Waals surface area contributed by atoms with Gasteiger partial charge in [-0.3, -0.25) is 19.4 Å². The van der Waals surface area contributed by atoms with Crippen LogP contribution in [0.2, 0.25) is 0 Å². The number of nitrogens with zero attached hydrogens (tertiary/aromatic N) is 4. The number of aliphatic hydroxyl groups excluding tert-OH is 1. The number of carbonyl (C=O) groups excluding carboxylic acids is 2. The SMILES string of the molecule is O=C(Nc1ccc(N2CCCCC2)cc1C(=O)NN=Cc1ccc(F)cc1)c1cccc(CN2CCN(CCO)CC2)c1. The number of hydrogen-bond acceptors (Lipinski definition) is 7. The smallest absolute Gasteiger partial charge is 0.273 e. The van der Waals surface area contributed by atoms with Crippen molar-refractivity contribution >= 4 is 29.4 Å². The van der Waals surface area contributed by atoms with Crippen molar-refractivity contribution in [3.05, 3.63) is 94.8 Å². The standard InChI is InChI=1S/C33H39FN6O3/c34-28-9-7-25(8-10-28)23-35-37-33(43)30-22-29(40-13-2-1-3-14-40)11-12-31(30)36-32(42)27-6-4-5-26(21-27)24-39-17-15-38(16-18-39)19-20-41/h4-12,21-23,41H,1-3,13-20,24H2,(H,36,42)(H,37,43). The molecular weight excluding hydrogens is 547 g/mol. The number of β-amino-alcohol motifs (C(OH)–C–C–N with tert-alkyl or cyclic N) is 1. The molecule has 9 nitrogen and oxygen atoms in total. The van der Waals surface area contributed by atoms with Crippen LogP contribution < -0.4 is 15.6 Å². The van der Waals surface area contributed by atoms with Crippen molar-refractivity contribution in [1.82, 2.24) is 15.2 Å². The van der Waals surface area contributed by atoms with Gasteiger partial charge < -0.3 is 15.3 Å². The molecule has 5 rings (SSSR count). The number of hydrogen-bond donors (Lipinski definition) is 3. The van der Waals surface area contributed by atoms with Gasteiger partial charge in [0.25, 0.3) is 11.8 Å². The third-order valence-electron chi connectivity index (χ3n) is 7.94. The van der Waals surface area contributed by atoms with Gasteiger partial charge in [0.1, 0.15) is 5.82 Å². The van der Waals surface area contributed by atoms with E-state index in [0.29, 0.717) is 28.9 Å². The average Bonchev–Trinajstić information content (AvgIpc) is 3.04. The maximum atomic E-state index is 13.4. The Morgan fingerprint density at radius 1 is 0.860 bits per heavy atom. The van der Waals surface area contributed by atoms with Crippen LogP contribution >= 0.6 is 0 Å². The number of rotatable bonds is 10. The van der Waals surface area contributed by atoms with Crippen LogP contribution in [0.25, 0.3) is 0 Å². The summed E-state index contributed by atoms with van der Waals surface area (Å²) in [6.07, 6.45) is 4.82. The number of piperidine rings is 1. The zero-order chi connectivity index (χ0) is 30.0. The average molecular weight is 587 g/mol. The first-order valence-corrected chi connectivity index (χ1v) is 14.9. The van der Waals surface area contributed by atoms with E-state index in [4.69, 9.17) is 0 Å². The predicted octanol–water partition coefficient (Wildman–Crippen LogP) is 3.94. The third kappa shape index (κ3) is 8.47. The Morgan fingerprint density at radius 3 is 2.35 bits per heavy atom. The minimum absolute atomic E-state index is 0.171. The maximum Gasteiger partial charge on any atom is 0.273 e. The van der Waals surface area contributed by atoms with Gasteiger partial charge >= 0.3 is 0 Å². The highest BCUT2D eigenvalue weighted by atomic mass is 19.1. The number of carbonyl (C=O) groups is 2. The van der Waals surface area contributed by atoms with E-state index in [1.807, 2.05) is 24.3 Å². The number of halogens is 1. The van der Waals surface area contributed by atoms with E-state index in [0.717, 1.165) is 69.9 Å². The van der Waals surface area contributed by atoms with Gasteiger partial charge in [0, 0.05) is 63.6 Å². The third-order valence-corrected chi connectivity index (χ3v) is 7.94. The van der Waals surface area contributed by atoms with Crippen LogP contribution in [-0.4, -0.2) is 85.4 Å². The number of nitrogens with one attached hydrogen (secondary N) is 2. The highest BCUT2D eigenvalue weighted by molar-refractivity contribution is 6.09. The van der Waals surface area contributed by atoms with Crippen molar-refractivity contribution in [3.63, 3.8) is 0 Å². The highest BCUT2D eigenvalue weighted by Gasteiger charge is 2.20. The van der Waals surface area contributed by atoms with Gasteiger partial charge in [-0.05, 0) is 72.9 Å². The molecule has 0 unspecified atom stereocenters. The van der Waals surface area contributed by atoms with Crippen molar-refractivity contribution < 1.29 is 19.1 Å². The molecule has 0 atom stereocenters. The second-order valence-electron chi connectivity index (χ2n) is 11.0. The van der Waals surface area contributed by atoms with Crippen LogP contribution in [0.1, 0.15) is 51.1 Å². The van der Waals surface area contributed by atoms with E-state index in [2.05, 4.69) is 30.5 Å². The Kier molecular flexibility index (Phi) is 10.5. The molecule has 3 aromatic carbocycles. The van der Waals surface area contributed by atoms with Crippen LogP contribution in [-0.2, 0) is 6.54 Å². The molecule has 0 bridgehead atoms. The minimum Gasteiger partial charge on any atom is -0.395 e. The number of anilines is 2. The lowest BCUT2D eigenvalue weighted by molar-refractivity contribution is 0.0956. The lowest BCUT2D eigenvalue weighted by atomic mass is 10.1. The van der Waals surface area contributed by atoms with Gasteiger partial charge in [-0.2, -0.15) is 5.10 Å². The van der Waals surface area contributed by atoms with Gasteiger partial charge in [0.05, 0.1) is 24.1 Å². The minimum atomic E-state index is -0.457. The molecule has 2 fully saturated rings. The summed E-state index contributed by atoms with van der Waals surface area (Å²) in [4.78, 5) is 33.6. The summed E-state index contributed by atoms with van der Waals surface area (Å²) in [5.41, 5.74) is 6.37. The number of aliphatic hydroxyl groups is 1. The Hall–Kier alpha value is -4.12. The maximum absolute atomic E-state index is 13.4. The van der Waals surface area contributed by atoms with E-state index < -0.39 is 5.91 Å². The summed E-state index contributed by atoms with van der Waals surface area (Å²) in [6, 6.07) is 18.9. The molecule has 226 valence electrons. The van der Waals surface area contributed by atoms with Gasteiger partial charge in [0.2, 0.25) is 0 Å². The molecule has 0 spiro atoms. The highest BCUT2D eigenvalue weighted by Crippen LogP contribution is 2.27. The summed E-state index contributed by atoms with van der Waals surface area (Å²) < 4.78 is 13.2. The first kappa shape index (κ1) is 30.3. The Balaban J connectivity index is 1.29. The zero-order valence-corrected chi connectivity index (χ0v) is 24.3. The first-order chi connectivity index (χ1) is 21.0. The Bertz CT molecular complexity index is 1420. The molecule has 43 heavy (non-hydrogen) atoms. The van der Waals surface area contributed by atoms with Crippen LogP contribution in [0, 0.1) is 5.82 Å². The normalized spacial score (nSPS) is 16.4. The fourth-order valence-corrected chi connectivity index (χ4v) is 5.53. The molecule has 3 aromatic rings. The number of benzene rings is 3. The lowest BCUT2D eigenvalue weighted by Gasteiger charge is -2.34. The van der Waals surface area contributed by atoms with Crippen LogP contribution in [0.15, 0.2) is 71.8 Å². The zero-order valence-electron chi connectivity index (χ0n) is 24.3. The van der Waals surface area contributed by atoms with Crippen LogP contribution in [0.4, 0.5) is 15.8 Å². The molecule has 0 saturated carbocycles. The monoisotopic (exact) mass is 586 g/mol. The van der Waals surface area contributed by atoms with Gasteiger partial charge in [0.15, 0.2) is 0 Å². The van der Waals surface area contributed by atoms with Gasteiger partial charge in [-0.25, -0.2) is 9.82 Å². The van der Waals surface area contributed by atoms with Crippen molar-refractivity contribution in [1.29, 1.82) is 0 Å². The predicted molar refractivity (Wildman–Crippen MR) is 167 cm³/mol. The molecule has 0 radical (unpaired) electrons. The molecule has 3 N–H and O–H groups in total. The summed E-state index contributed by atoms with van der Waals surface area (Å²) in [5, 5.41) is 16.2. The molecule has 2 aliphatic rings. The van der Waals surface area contributed by atoms with Crippen molar-refractivity contribution in [3.8, 4) is 0 Å². The lowest BCUT2D eigenvalue weighted by Crippen LogP contribution is -2.46. The quantitative estimate of drug-likeness (QED) is 0.246. The Morgan fingerprint density at radius 2 is 1.60 bits per heavy atom. The molecule has 10 heteroatoms. The fraction of sp³-hybridized carbons (Fsp3) is 0.364. The van der Waals surface area contributed by atoms with Crippen molar-refractivity contribution in [2.45, 2.75) is 25.8 Å². The topological polar surface area (TPSA) is 101 Å². The molecule has 0 aliphatic carbocycles. The fourth-order valence-electron chi connectivity index (χ4n) is 5.53. The summed E-state index contributed by atoms with van der Waals surface area (Å²) in [6.45, 7) is 7.06.